The zero-order valence-electron chi connectivity index (χ0n) is 18.3. The highest BCUT2D eigenvalue weighted by Crippen LogP contribution is 2.40. The van der Waals surface area contributed by atoms with E-state index in [-0.39, 0.29) is 5.75 Å². The van der Waals surface area contributed by atoms with E-state index in [9.17, 15) is 4.57 Å². The van der Waals surface area contributed by atoms with Crippen molar-refractivity contribution in [2.75, 3.05) is 0 Å². The first-order chi connectivity index (χ1) is 13.3. The third-order valence-corrected chi connectivity index (χ3v) is 6.35. The zero-order chi connectivity index (χ0) is 21.0. The van der Waals surface area contributed by atoms with Crippen LogP contribution in [0.4, 0.5) is 0 Å². The second kappa shape index (κ2) is 13.4. The van der Waals surface area contributed by atoms with Crippen molar-refractivity contribution in [2.45, 2.75) is 97.8 Å². The number of hydrogen-bond donors (Lipinski definition) is 2. The van der Waals surface area contributed by atoms with Crippen molar-refractivity contribution < 1.29 is 18.9 Å². The van der Waals surface area contributed by atoms with E-state index in [2.05, 4.69) is 27.7 Å². The topological polar surface area (TPSA) is 66.8 Å². The highest BCUT2D eigenvalue weighted by molar-refractivity contribution is 7.46. The summed E-state index contributed by atoms with van der Waals surface area (Å²) in [5.74, 6) is 2.19. The van der Waals surface area contributed by atoms with Gasteiger partial charge < -0.3 is 4.52 Å². The van der Waals surface area contributed by atoms with Crippen molar-refractivity contribution in [2.24, 2.45) is 11.8 Å². The van der Waals surface area contributed by atoms with Crippen molar-refractivity contribution >= 4 is 7.82 Å². The number of rotatable bonds is 15. The SMILES string of the molecule is CCCCC(CC)CC(CC(CC)CCCC)c1ccc(OP(=O)(O)O)cc1. The molecule has 0 saturated heterocycles. The summed E-state index contributed by atoms with van der Waals surface area (Å²) in [7, 11) is -4.51. The van der Waals surface area contributed by atoms with Crippen molar-refractivity contribution in [1.29, 1.82) is 0 Å². The Hall–Kier alpha value is -0.830. The fourth-order valence-electron chi connectivity index (χ4n) is 4.07. The Morgan fingerprint density at radius 3 is 1.68 bits per heavy atom. The summed E-state index contributed by atoms with van der Waals surface area (Å²) >= 11 is 0. The van der Waals surface area contributed by atoms with E-state index < -0.39 is 7.82 Å². The van der Waals surface area contributed by atoms with Crippen LogP contribution < -0.4 is 4.52 Å². The minimum absolute atomic E-state index is 0.229. The lowest BCUT2D eigenvalue weighted by Crippen LogP contribution is -2.12. The summed E-state index contributed by atoms with van der Waals surface area (Å²) < 4.78 is 15.8. The van der Waals surface area contributed by atoms with Crippen LogP contribution in [0.3, 0.4) is 0 Å². The molecule has 2 N–H and O–H groups in total. The first kappa shape index (κ1) is 25.2. The predicted molar refractivity (Wildman–Crippen MR) is 118 cm³/mol. The van der Waals surface area contributed by atoms with Gasteiger partial charge in [0.1, 0.15) is 5.75 Å². The molecule has 4 nitrogen and oxygen atoms in total. The first-order valence-electron chi connectivity index (χ1n) is 11.2. The van der Waals surface area contributed by atoms with Crippen LogP contribution >= 0.6 is 7.82 Å². The molecule has 2 atom stereocenters. The van der Waals surface area contributed by atoms with E-state index in [1.165, 1.54) is 69.8 Å². The highest BCUT2D eigenvalue weighted by Gasteiger charge is 2.22. The summed E-state index contributed by atoms with van der Waals surface area (Å²) in [6.07, 6.45) is 12.4. The molecule has 0 spiro atoms. The van der Waals surface area contributed by atoms with E-state index in [4.69, 9.17) is 14.3 Å². The van der Waals surface area contributed by atoms with Crippen LogP contribution in [0, 0.1) is 11.8 Å². The molecule has 1 aromatic carbocycles. The summed E-state index contributed by atoms with van der Waals surface area (Å²) in [6, 6.07) is 7.38. The van der Waals surface area contributed by atoms with E-state index >= 15 is 0 Å². The van der Waals surface area contributed by atoms with Gasteiger partial charge >= 0.3 is 7.82 Å². The molecule has 28 heavy (non-hydrogen) atoms. The van der Waals surface area contributed by atoms with Gasteiger partial charge in [0.25, 0.3) is 0 Å². The van der Waals surface area contributed by atoms with Gasteiger partial charge in [0.15, 0.2) is 0 Å². The maximum atomic E-state index is 11.1. The molecule has 0 fully saturated rings. The van der Waals surface area contributed by atoms with Gasteiger partial charge in [-0.15, -0.1) is 0 Å². The number of phosphoric ester groups is 1. The lowest BCUT2D eigenvalue weighted by atomic mass is 9.78. The predicted octanol–water partition coefficient (Wildman–Crippen LogP) is 7.45. The second-order valence-corrected chi connectivity index (χ2v) is 9.32. The van der Waals surface area contributed by atoms with Crippen LogP contribution in [-0.2, 0) is 4.57 Å². The molecule has 1 rings (SSSR count). The Kier molecular flexibility index (Phi) is 12.1. The molecule has 162 valence electrons. The molecular weight excluding hydrogens is 371 g/mol. The fraction of sp³-hybridized carbons (Fsp3) is 0.739. The molecule has 0 aliphatic rings. The molecule has 0 aliphatic heterocycles. The smallest absolute Gasteiger partial charge is 0.404 e. The van der Waals surface area contributed by atoms with Gasteiger partial charge in [-0.2, -0.15) is 0 Å². The molecule has 1 aromatic rings. The Morgan fingerprint density at radius 2 is 1.32 bits per heavy atom. The van der Waals surface area contributed by atoms with Gasteiger partial charge in [0.05, 0.1) is 0 Å². The summed E-state index contributed by atoms with van der Waals surface area (Å²) in [4.78, 5) is 18.0. The minimum Gasteiger partial charge on any atom is -0.404 e. The highest BCUT2D eigenvalue weighted by atomic mass is 31.2. The molecule has 5 heteroatoms. The number of hydrogen-bond acceptors (Lipinski definition) is 2. The van der Waals surface area contributed by atoms with Crippen LogP contribution in [0.25, 0.3) is 0 Å². The van der Waals surface area contributed by atoms with Gasteiger partial charge in [0.2, 0.25) is 0 Å². The normalized spacial score (nSPS) is 15.2. The van der Waals surface area contributed by atoms with Crippen LogP contribution in [0.2, 0.25) is 0 Å². The number of unbranched alkanes of at least 4 members (excludes halogenated alkanes) is 2. The molecule has 2 unspecified atom stereocenters. The lowest BCUT2D eigenvalue weighted by Gasteiger charge is -2.27. The van der Waals surface area contributed by atoms with Gasteiger partial charge in [0, 0.05) is 0 Å². The van der Waals surface area contributed by atoms with Gasteiger partial charge in [-0.25, -0.2) is 4.57 Å². The van der Waals surface area contributed by atoms with Gasteiger partial charge in [-0.3, -0.25) is 9.79 Å². The molecular formula is C23H41O4P. The Bertz CT molecular complexity index is 548. The Balaban J connectivity index is 2.95. The Labute approximate surface area is 172 Å². The molecule has 0 radical (unpaired) electrons. The van der Waals surface area contributed by atoms with Gasteiger partial charge in [-0.05, 0) is 48.3 Å². The zero-order valence-corrected chi connectivity index (χ0v) is 19.2. The third-order valence-electron chi connectivity index (χ3n) is 5.90. The monoisotopic (exact) mass is 412 g/mol. The third kappa shape index (κ3) is 10.1. The average molecular weight is 413 g/mol. The van der Waals surface area contributed by atoms with E-state index in [1.807, 2.05) is 12.1 Å². The summed E-state index contributed by atoms with van der Waals surface area (Å²) in [5.41, 5.74) is 1.27. The summed E-state index contributed by atoms with van der Waals surface area (Å²) in [6.45, 7) is 9.09. The molecule has 0 aromatic heterocycles. The molecule has 0 aliphatic carbocycles. The van der Waals surface area contributed by atoms with Crippen LogP contribution in [-0.4, -0.2) is 9.79 Å². The second-order valence-electron chi connectivity index (χ2n) is 8.15. The van der Waals surface area contributed by atoms with Crippen LogP contribution in [0.5, 0.6) is 5.75 Å². The standard InChI is InChI=1S/C23H41O4P/c1-5-9-11-19(7-3)17-22(18-20(8-4)12-10-6-2)21-13-15-23(16-14-21)27-28(24,25)26/h13-16,19-20,22H,5-12,17-18H2,1-4H3,(H2,24,25,26). The fourth-order valence-corrected chi connectivity index (χ4v) is 4.47. The van der Waals surface area contributed by atoms with Crippen molar-refractivity contribution in [1.82, 2.24) is 0 Å². The maximum Gasteiger partial charge on any atom is 0.524 e. The maximum absolute atomic E-state index is 11.1. The van der Waals surface area contributed by atoms with Gasteiger partial charge in [-0.1, -0.05) is 91.2 Å². The van der Waals surface area contributed by atoms with E-state index in [1.54, 1.807) is 12.1 Å². The van der Waals surface area contributed by atoms with Crippen molar-refractivity contribution in [3.8, 4) is 5.75 Å². The Morgan fingerprint density at radius 1 is 0.857 bits per heavy atom. The quantitative estimate of drug-likeness (QED) is 0.293. The number of benzene rings is 1. The van der Waals surface area contributed by atoms with Crippen molar-refractivity contribution in [3.63, 3.8) is 0 Å². The minimum atomic E-state index is -4.51. The first-order valence-corrected chi connectivity index (χ1v) is 12.7. The van der Waals surface area contributed by atoms with Crippen LogP contribution in [0.1, 0.15) is 103 Å². The van der Waals surface area contributed by atoms with Crippen molar-refractivity contribution in [3.05, 3.63) is 29.8 Å². The van der Waals surface area contributed by atoms with Crippen LogP contribution in [0.15, 0.2) is 24.3 Å². The average Bonchev–Trinajstić information content (AvgIpc) is 2.66. The van der Waals surface area contributed by atoms with E-state index in [0.29, 0.717) is 5.92 Å². The number of phosphoric acid groups is 1. The lowest BCUT2D eigenvalue weighted by molar-refractivity contribution is 0.283. The molecule has 0 amide bonds. The molecule has 0 bridgehead atoms. The molecule has 0 heterocycles. The molecule has 0 saturated carbocycles. The summed E-state index contributed by atoms with van der Waals surface area (Å²) in [5, 5.41) is 0. The van der Waals surface area contributed by atoms with E-state index in [0.717, 1.165) is 11.8 Å². The largest absolute Gasteiger partial charge is 0.524 e.